The number of hydrogen-bond donors (Lipinski definition) is 0. The highest BCUT2D eigenvalue weighted by atomic mass is 32.1. The van der Waals surface area contributed by atoms with Crippen molar-refractivity contribution in [3.63, 3.8) is 0 Å². The van der Waals surface area contributed by atoms with Crippen LogP contribution in [0, 0.1) is 5.82 Å². The highest BCUT2D eigenvalue weighted by molar-refractivity contribution is 7.64. The van der Waals surface area contributed by atoms with Gasteiger partial charge in [-0.3, -0.25) is 0 Å². The van der Waals surface area contributed by atoms with E-state index in [9.17, 15) is 8.60 Å². The molecule has 0 saturated carbocycles. The normalized spacial score (nSPS) is 9.30. The fourth-order valence-electron chi connectivity index (χ4n) is 0.679. The van der Waals surface area contributed by atoms with Gasteiger partial charge in [-0.2, -0.15) is 0 Å². The Balaban J connectivity index is 2.91. The van der Waals surface area contributed by atoms with E-state index in [2.05, 4.69) is 0 Å². The van der Waals surface area contributed by atoms with Crippen LogP contribution < -0.4 is 0 Å². The molecule has 0 spiro atoms. The monoisotopic (exact) mass is 157 g/mol. The lowest BCUT2D eigenvalue weighted by Gasteiger charge is -1.89. The van der Waals surface area contributed by atoms with Crippen LogP contribution in [0.15, 0.2) is 24.3 Å². The highest BCUT2D eigenvalue weighted by Gasteiger charge is 2.06. The quantitative estimate of drug-likeness (QED) is 0.598. The molecule has 0 atom stereocenters. The first kappa shape index (κ1) is 7.28. The molecule has 0 N–H and O–H groups in total. The van der Waals surface area contributed by atoms with E-state index in [0.29, 0.717) is 17.2 Å². The summed E-state index contributed by atoms with van der Waals surface area (Å²) in [5.74, 6) is -0.0991. The summed E-state index contributed by atoms with van der Waals surface area (Å²) in [5, 5.41) is 0. The van der Waals surface area contributed by atoms with Crippen molar-refractivity contribution in [2.24, 2.45) is 0 Å². The van der Waals surface area contributed by atoms with E-state index in [1.807, 2.05) is 0 Å². The second-order valence-corrected chi connectivity index (χ2v) is 2.38. The molecule has 0 heterocycles. The molecular weight excluding hydrogens is 151 g/mol. The molecule has 0 unspecified atom stereocenters. The van der Waals surface area contributed by atoms with Crippen LogP contribution in [-0.2, 0) is 21.6 Å². The SMILES string of the molecule is O=[S+]Cc1ccccc1F. The Morgan fingerprint density at radius 2 is 2.10 bits per heavy atom. The molecule has 0 aliphatic carbocycles. The summed E-state index contributed by atoms with van der Waals surface area (Å²) in [4.78, 5) is 0. The van der Waals surface area contributed by atoms with E-state index in [1.54, 1.807) is 18.2 Å². The summed E-state index contributed by atoms with van der Waals surface area (Å²) in [6.07, 6.45) is 0. The fourth-order valence-corrected chi connectivity index (χ4v) is 1.04. The summed E-state index contributed by atoms with van der Waals surface area (Å²) in [6.45, 7) is 0. The molecule has 1 nitrogen and oxygen atoms in total. The average Bonchev–Trinajstić information content (AvgIpc) is 1.94. The lowest BCUT2D eigenvalue weighted by atomic mass is 10.2. The third kappa shape index (κ3) is 1.57. The summed E-state index contributed by atoms with van der Waals surface area (Å²) in [6, 6.07) is 6.29. The second-order valence-electron chi connectivity index (χ2n) is 1.85. The first-order chi connectivity index (χ1) is 4.84. The van der Waals surface area contributed by atoms with Crippen LogP contribution in [0.1, 0.15) is 5.56 Å². The average molecular weight is 157 g/mol. The lowest BCUT2D eigenvalue weighted by Crippen LogP contribution is -1.86. The van der Waals surface area contributed by atoms with E-state index in [-0.39, 0.29) is 11.6 Å². The molecule has 1 aromatic carbocycles. The van der Waals surface area contributed by atoms with Crippen LogP contribution in [0.3, 0.4) is 0 Å². The van der Waals surface area contributed by atoms with Gasteiger partial charge in [-0.05, 0) is 6.07 Å². The van der Waals surface area contributed by atoms with E-state index >= 15 is 0 Å². The van der Waals surface area contributed by atoms with Crippen molar-refractivity contribution in [2.75, 3.05) is 0 Å². The predicted molar refractivity (Wildman–Crippen MR) is 38.2 cm³/mol. The minimum absolute atomic E-state index is 0.201. The molecule has 1 aromatic rings. The van der Waals surface area contributed by atoms with Crippen molar-refractivity contribution in [3.05, 3.63) is 35.6 Å². The van der Waals surface area contributed by atoms with Gasteiger partial charge in [-0.1, -0.05) is 18.2 Å². The Hall–Kier alpha value is -0.830. The summed E-state index contributed by atoms with van der Waals surface area (Å²) >= 11 is 0.379. The second kappa shape index (κ2) is 3.37. The smallest absolute Gasteiger partial charge is 0.206 e. The highest BCUT2D eigenvalue weighted by Crippen LogP contribution is 2.05. The van der Waals surface area contributed by atoms with Crippen molar-refractivity contribution in [1.82, 2.24) is 0 Å². The number of benzene rings is 1. The van der Waals surface area contributed by atoms with Crippen LogP contribution in [0.25, 0.3) is 0 Å². The zero-order valence-corrected chi connectivity index (χ0v) is 6.03. The molecular formula is C7H6FOS+. The van der Waals surface area contributed by atoms with Gasteiger partial charge < -0.3 is 0 Å². The van der Waals surface area contributed by atoms with E-state index in [1.165, 1.54) is 6.07 Å². The topological polar surface area (TPSA) is 17.1 Å². The maximum absolute atomic E-state index is 12.6. The molecule has 1 rings (SSSR count). The molecule has 3 heteroatoms. The van der Waals surface area contributed by atoms with Gasteiger partial charge in [-0.15, -0.1) is 0 Å². The minimum atomic E-state index is -0.300. The number of halogens is 1. The molecule has 0 aromatic heterocycles. The Morgan fingerprint density at radius 3 is 2.70 bits per heavy atom. The van der Waals surface area contributed by atoms with Gasteiger partial charge in [0.2, 0.25) is 0 Å². The fraction of sp³-hybridized carbons (Fsp3) is 0.143. The minimum Gasteiger partial charge on any atom is -0.206 e. The molecule has 0 saturated heterocycles. The van der Waals surface area contributed by atoms with E-state index in [4.69, 9.17) is 0 Å². The van der Waals surface area contributed by atoms with Crippen molar-refractivity contribution >= 4 is 11.7 Å². The van der Waals surface area contributed by atoms with Crippen molar-refractivity contribution < 1.29 is 8.60 Å². The Labute approximate surface area is 62.4 Å². The Kier molecular flexibility index (Phi) is 2.45. The van der Waals surface area contributed by atoms with Crippen molar-refractivity contribution in [3.8, 4) is 0 Å². The molecule has 0 radical (unpaired) electrons. The molecule has 0 fully saturated rings. The van der Waals surface area contributed by atoms with Gasteiger partial charge in [0.1, 0.15) is 5.82 Å². The van der Waals surface area contributed by atoms with Crippen molar-refractivity contribution in [2.45, 2.75) is 5.75 Å². The molecule has 10 heavy (non-hydrogen) atoms. The maximum Gasteiger partial charge on any atom is 0.463 e. The van der Waals surface area contributed by atoms with E-state index in [0.717, 1.165) is 0 Å². The van der Waals surface area contributed by atoms with Crippen LogP contribution in [-0.4, -0.2) is 0 Å². The first-order valence-corrected chi connectivity index (χ1v) is 3.74. The van der Waals surface area contributed by atoms with Crippen LogP contribution in [0.5, 0.6) is 0 Å². The standard InChI is InChI=1S/C7H6FOS/c8-7-4-2-1-3-6(7)5-10-9/h1-4H,5H2/q+1. The molecule has 0 bridgehead atoms. The molecule has 0 amide bonds. The molecule has 52 valence electrons. The third-order valence-electron chi connectivity index (χ3n) is 1.17. The summed E-state index contributed by atoms with van der Waals surface area (Å²) < 4.78 is 22.6. The van der Waals surface area contributed by atoms with Gasteiger partial charge in [-0.25, -0.2) is 4.39 Å². The Bertz CT molecular complexity index is 237. The maximum atomic E-state index is 12.6. The molecule has 0 aliphatic rings. The lowest BCUT2D eigenvalue weighted by molar-refractivity contribution is 0.598. The van der Waals surface area contributed by atoms with Crippen LogP contribution >= 0.6 is 0 Å². The zero-order chi connectivity index (χ0) is 7.40. The van der Waals surface area contributed by atoms with Gasteiger partial charge in [0, 0.05) is 4.21 Å². The first-order valence-electron chi connectivity index (χ1n) is 2.83. The largest absolute Gasteiger partial charge is 0.463 e. The van der Waals surface area contributed by atoms with Crippen molar-refractivity contribution in [1.29, 1.82) is 0 Å². The zero-order valence-electron chi connectivity index (χ0n) is 5.21. The number of rotatable bonds is 2. The van der Waals surface area contributed by atoms with Gasteiger partial charge in [0.05, 0.1) is 5.56 Å². The van der Waals surface area contributed by atoms with Gasteiger partial charge in [0.25, 0.3) is 5.75 Å². The van der Waals surface area contributed by atoms with Crippen LogP contribution in [0.2, 0.25) is 0 Å². The van der Waals surface area contributed by atoms with E-state index < -0.39 is 0 Å². The summed E-state index contributed by atoms with van der Waals surface area (Å²) in [7, 11) is 0. The predicted octanol–water partition coefficient (Wildman–Crippen LogP) is 1.75. The van der Waals surface area contributed by atoms with Gasteiger partial charge >= 0.3 is 11.7 Å². The third-order valence-corrected chi connectivity index (χ3v) is 1.60. The Morgan fingerprint density at radius 1 is 1.40 bits per heavy atom. The molecule has 0 aliphatic heterocycles. The van der Waals surface area contributed by atoms with Crippen LogP contribution in [0.4, 0.5) is 4.39 Å². The van der Waals surface area contributed by atoms with Gasteiger partial charge in [0.15, 0.2) is 0 Å². The summed E-state index contributed by atoms with van der Waals surface area (Å²) in [5.41, 5.74) is 0.475. The number of hydrogen-bond acceptors (Lipinski definition) is 1.